The molecule has 1 aromatic rings. The van der Waals surface area contributed by atoms with Crippen molar-refractivity contribution in [1.82, 2.24) is 4.90 Å². The first-order valence-electron chi connectivity index (χ1n) is 7.75. The maximum absolute atomic E-state index is 12.2. The van der Waals surface area contributed by atoms with Gasteiger partial charge in [-0.25, -0.2) is 0 Å². The van der Waals surface area contributed by atoms with Gasteiger partial charge in [0, 0.05) is 26.3 Å². The van der Waals surface area contributed by atoms with Gasteiger partial charge in [0.2, 0.25) is 5.91 Å². The van der Waals surface area contributed by atoms with Crippen molar-refractivity contribution in [2.75, 3.05) is 14.1 Å². The number of amides is 1. The Hall–Kier alpha value is -1.33. The van der Waals surface area contributed by atoms with E-state index < -0.39 is 18.3 Å². The fraction of sp³-hybridized carbons (Fsp3) is 0.588. The second kappa shape index (κ2) is 6.05. The standard InChI is InChI=1S/C17H26BNO3/c1-16(2)17(3,4)22-18(21-16)14(12-15(20)19(5)6)13-10-8-7-9-11-13/h7-11,14H,12H2,1-6H3. The summed E-state index contributed by atoms with van der Waals surface area (Å²) in [6, 6.07) is 9.98. The molecule has 1 saturated heterocycles. The summed E-state index contributed by atoms with van der Waals surface area (Å²) in [5.74, 6) is -0.0410. The molecule has 1 heterocycles. The van der Waals surface area contributed by atoms with Crippen molar-refractivity contribution < 1.29 is 14.1 Å². The van der Waals surface area contributed by atoms with Crippen LogP contribution in [-0.4, -0.2) is 43.2 Å². The lowest BCUT2D eigenvalue weighted by molar-refractivity contribution is -0.128. The highest BCUT2D eigenvalue weighted by molar-refractivity contribution is 6.48. The van der Waals surface area contributed by atoms with Crippen molar-refractivity contribution in [1.29, 1.82) is 0 Å². The molecule has 0 saturated carbocycles. The molecular weight excluding hydrogens is 277 g/mol. The molecule has 0 spiro atoms. The Labute approximate surface area is 133 Å². The normalized spacial score (nSPS) is 20.7. The molecule has 1 amide bonds. The minimum Gasteiger partial charge on any atom is -0.403 e. The van der Waals surface area contributed by atoms with Crippen LogP contribution in [0.3, 0.4) is 0 Å². The second-order valence-corrected chi connectivity index (χ2v) is 7.13. The van der Waals surface area contributed by atoms with Crippen LogP contribution < -0.4 is 0 Å². The van der Waals surface area contributed by atoms with Gasteiger partial charge in [0.25, 0.3) is 0 Å². The van der Waals surface area contributed by atoms with Crippen LogP contribution in [0.15, 0.2) is 30.3 Å². The highest BCUT2D eigenvalue weighted by Gasteiger charge is 2.54. The largest absolute Gasteiger partial charge is 0.466 e. The molecule has 1 aromatic carbocycles. The van der Waals surface area contributed by atoms with Crippen LogP contribution in [-0.2, 0) is 14.1 Å². The molecule has 0 radical (unpaired) electrons. The fourth-order valence-electron chi connectivity index (χ4n) is 2.50. The minimum absolute atomic E-state index is 0.0727. The Kier molecular flexibility index (Phi) is 4.69. The zero-order valence-electron chi connectivity index (χ0n) is 14.4. The molecule has 120 valence electrons. The van der Waals surface area contributed by atoms with Crippen LogP contribution in [0.5, 0.6) is 0 Å². The van der Waals surface area contributed by atoms with Gasteiger partial charge in [-0.15, -0.1) is 0 Å². The summed E-state index contributed by atoms with van der Waals surface area (Å²) in [5, 5.41) is 0. The third-order valence-electron chi connectivity index (χ3n) is 4.72. The van der Waals surface area contributed by atoms with Gasteiger partial charge in [-0.05, 0) is 33.3 Å². The zero-order valence-corrected chi connectivity index (χ0v) is 14.4. The van der Waals surface area contributed by atoms with Crippen LogP contribution in [0.25, 0.3) is 0 Å². The lowest BCUT2D eigenvalue weighted by atomic mass is 9.66. The maximum Gasteiger partial charge on any atom is 0.466 e. The topological polar surface area (TPSA) is 38.8 Å². The fourth-order valence-corrected chi connectivity index (χ4v) is 2.50. The van der Waals surface area contributed by atoms with E-state index in [-0.39, 0.29) is 11.7 Å². The average Bonchev–Trinajstić information content (AvgIpc) is 2.65. The summed E-state index contributed by atoms with van der Waals surface area (Å²) in [5.41, 5.74) is 0.272. The quantitative estimate of drug-likeness (QED) is 0.803. The van der Waals surface area contributed by atoms with Gasteiger partial charge in [0.1, 0.15) is 0 Å². The van der Waals surface area contributed by atoms with E-state index in [1.165, 1.54) is 0 Å². The molecule has 1 fully saturated rings. The van der Waals surface area contributed by atoms with Gasteiger partial charge in [0.15, 0.2) is 0 Å². The van der Waals surface area contributed by atoms with E-state index in [4.69, 9.17) is 9.31 Å². The number of benzene rings is 1. The maximum atomic E-state index is 12.2. The number of carbonyl (C=O) groups is 1. The van der Waals surface area contributed by atoms with Crippen LogP contribution in [0, 0.1) is 0 Å². The van der Waals surface area contributed by atoms with Gasteiger partial charge >= 0.3 is 7.12 Å². The molecule has 1 aliphatic rings. The average molecular weight is 303 g/mol. The number of nitrogens with zero attached hydrogens (tertiary/aromatic N) is 1. The Morgan fingerprint density at radius 2 is 1.59 bits per heavy atom. The molecule has 1 aliphatic heterocycles. The van der Waals surface area contributed by atoms with E-state index in [1.54, 1.807) is 19.0 Å². The molecule has 0 bridgehead atoms. The van der Waals surface area contributed by atoms with Gasteiger partial charge in [-0.1, -0.05) is 30.3 Å². The summed E-state index contributed by atoms with van der Waals surface area (Å²) in [4.78, 5) is 13.8. The van der Waals surface area contributed by atoms with E-state index in [9.17, 15) is 4.79 Å². The molecule has 22 heavy (non-hydrogen) atoms. The van der Waals surface area contributed by atoms with E-state index in [2.05, 4.69) is 0 Å². The predicted octanol–water partition coefficient (Wildman–Crippen LogP) is 2.88. The molecule has 1 atom stereocenters. The third-order valence-corrected chi connectivity index (χ3v) is 4.72. The first kappa shape index (κ1) is 17.0. The third kappa shape index (κ3) is 3.36. The van der Waals surface area contributed by atoms with Crippen LogP contribution >= 0.6 is 0 Å². The Bertz CT molecular complexity index is 512. The molecule has 2 rings (SSSR count). The van der Waals surface area contributed by atoms with Crippen molar-refractivity contribution in [3.05, 3.63) is 35.9 Å². The summed E-state index contributed by atoms with van der Waals surface area (Å²) >= 11 is 0. The SMILES string of the molecule is CN(C)C(=O)CC(B1OC(C)(C)C(C)(C)O1)c1ccccc1. The van der Waals surface area contributed by atoms with E-state index in [0.29, 0.717) is 6.42 Å². The van der Waals surface area contributed by atoms with Crippen molar-refractivity contribution in [2.45, 2.75) is 51.1 Å². The van der Waals surface area contributed by atoms with Gasteiger partial charge < -0.3 is 14.2 Å². The van der Waals surface area contributed by atoms with Crippen molar-refractivity contribution in [3.8, 4) is 0 Å². The monoisotopic (exact) mass is 303 g/mol. The summed E-state index contributed by atoms with van der Waals surface area (Å²) < 4.78 is 12.3. The first-order valence-corrected chi connectivity index (χ1v) is 7.75. The Morgan fingerprint density at radius 3 is 2.05 bits per heavy atom. The van der Waals surface area contributed by atoms with E-state index in [0.717, 1.165) is 5.56 Å². The van der Waals surface area contributed by atoms with Crippen LogP contribution in [0.2, 0.25) is 0 Å². The van der Waals surface area contributed by atoms with E-state index in [1.807, 2.05) is 58.0 Å². The predicted molar refractivity (Wildman–Crippen MR) is 88.6 cm³/mol. The van der Waals surface area contributed by atoms with Gasteiger partial charge in [0.05, 0.1) is 11.2 Å². The summed E-state index contributed by atoms with van der Waals surface area (Å²) in [6.07, 6.45) is 0.369. The molecule has 5 heteroatoms. The number of hydrogen-bond acceptors (Lipinski definition) is 3. The smallest absolute Gasteiger partial charge is 0.403 e. The van der Waals surface area contributed by atoms with Crippen molar-refractivity contribution in [2.24, 2.45) is 0 Å². The first-order chi connectivity index (χ1) is 10.1. The highest BCUT2D eigenvalue weighted by Crippen LogP contribution is 2.41. The molecular formula is C17H26BNO3. The molecule has 0 aliphatic carbocycles. The zero-order chi connectivity index (χ0) is 16.5. The number of hydrogen-bond donors (Lipinski definition) is 0. The van der Waals surface area contributed by atoms with E-state index >= 15 is 0 Å². The highest BCUT2D eigenvalue weighted by atomic mass is 16.7. The van der Waals surface area contributed by atoms with Crippen molar-refractivity contribution >= 4 is 13.0 Å². The Morgan fingerprint density at radius 1 is 1.09 bits per heavy atom. The second-order valence-electron chi connectivity index (χ2n) is 7.13. The minimum atomic E-state index is -0.420. The van der Waals surface area contributed by atoms with Gasteiger partial charge in [-0.2, -0.15) is 0 Å². The molecule has 1 unspecified atom stereocenters. The van der Waals surface area contributed by atoms with Crippen molar-refractivity contribution in [3.63, 3.8) is 0 Å². The number of rotatable bonds is 4. The Balaban J connectivity index is 2.28. The number of carbonyl (C=O) groups excluding carboxylic acids is 1. The molecule has 4 nitrogen and oxygen atoms in total. The summed E-state index contributed by atoms with van der Waals surface area (Å²) in [7, 11) is 3.12. The lowest BCUT2D eigenvalue weighted by Crippen LogP contribution is -2.41. The van der Waals surface area contributed by atoms with Gasteiger partial charge in [-0.3, -0.25) is 4.79 Å². The molecule has 0 N–H and O–H groups in total. The summed E-state index contributed by atoms with van der Waals surface area (Å²) in [6.45, 7) is 8.12. The van der Waals surface area contributed by atoms with Crippen LogP contribution in [0.4, 0.5) is 0 Å². The lowest BCUT2D eigenvalue weighted by Gasteiger charge is -2.32. The molecule has 0 aromatic heterocycles. The van der Waals surface area contributed by atoms with Crippen LogP contribution in [0.1, 0.15) is 45.5 Å².